The van der Waals surface area contributed by atoms with Crippen molar-refractivity contribution < 1.29 is 24.2 Å². The molecular weight excluding hydrogens is 370 g/mol. The van der Waals surface area contributed by atoms with E-state index >= 15 is 0 Å². The van der Waals surface area contributed by atoms with E-state index in [4.69, 9.17) is 9.47 Å². The van der Waals surface area contributed by atoms with Gasteiger partial charge in [0, 0.05) is 16.7 Å². The van der Waals surface area contributed by atoms with E-state index in [1.54, 1.807) is 60.7 Å². The van der Waals surface area contributed by atoms with E-state index in [1.165, 1.54) is 26.4 Å². The summed E-state index contributed by atoms with van der Waals surface area (Å²) in [6.07, 6.45) is 0. The number of imide groups is 1. The number of hydrogen-bond acceptors (Lipinski definition) is 5. The maximum atomic E-state index is 13.3. The number of methoxy groups -OCH3 is 2. The molecular formula is C23H19NO5. The highest BCUT2D eigenvalue weighted by atomic mass is 16.5. The lowest BCUT2D eigenvalue weighted by Gasteiger charge is -2.33. The van der Waals surface area contributed by atoms with Gasteiger partial charge in [0.25, 0.3) is 11.8 Å². The molecule has 0 saturated carbocycles. The molecule has 3 aromatic carbocycles. The molecule has 1 heterocycles. The van der Waals surface area contributed by atoms with Gasteiger partial charge in [-0.2, -0.15) is 0 Å². The SMILES string of the molecule is COc1cc2c(cc1OC)C(O)(c1ccccc1)N(C(=O)c1ccccc1)C2=O. The summed E-state index contributed by atoms with van der Waals surface area (Å²) in [5, 5.41) is 11.8. The van der Waals surface area contributed by atoms with Crippen LogP contribution in [0.25, 0.3) is 0 Å². The van der Waals surface area contributed by atoms with Crippen molar-refractivity contribution in [2.45, 2.75) is 5.72 Å². The molecule has 4 rings (SSSR count). The van der Waals surface area contributed by atoms with E-state index in [1.807, 2.05) is 0 Å². The average molecular weight is 389 g/mol. The lowest BCUT2D eigenvalue weighted by Crippen LogP contribution is -2.48. The van der Waals surface area contributed by atoms with Crippen LogP contribution < -0.4 is 9.47 Å². The Morgan fingerprint density at radius 3 is 2.03 bits per heavy atom. The number of ether oxygens (including phenoxy) is 2. The molecule has 0 saturated heterocycles. The standard InChI is InChI=1S/C23H19NO5/c1-28-19-13-17-18(14-20(19)29-2)23(27,16-11-7-4-8-12-16)24(22(17)26)21(25)15-9-5-3-6-10-15/h3-14,27H,1-2H3. The number of hydrogen-bond donors (Lipinski definition) is 1. The van der Waals surface area contributed by atoms with Gasteiger partial charge in [0.1, 0.15) is 0 Å². The first-order chi connectivity index (χ1) is 14.0. The highest BCUT2D eigenvalue weighted by Gasteiger charge is 2.53. The molecule has 6 heteroatoms. The summed E-state index contributed by atoms with van der Waals surface area (Å²) in [5.74, 6) is -0.524. The molecule has 3 aromatic rings. The maximum absolute atomic E-state index is 13.3. The topological polar surface area (TPSA) is 76.1 Å². The fraction of sp³-hybridized carbons (Fsp3) is 0.130. The Kier molecular flexibility index (Phi) is 4.56. The van der Waals surface area contributed by atoms with Crippen LogP contribution in [0.5, 0.6) is 11.5 Å². The first-order valence-corrected chi connectivity index (χ1v) is 9.00. The zero-order chi connectivity index (χ0) is 20.6. The molecule has 1 unspecified atom stereocenters. The van der Waals surface area contributed by atoms with Gasteiger partial charge in [0.15, 0.2) is 11.5 Å². The quantitative estimate of drug-likeness (QED) is 0.694. The number of amides is 2. The van der Waals surface area contributed by atoms with Crippen LogP contribution in [0.2, 0.25) is 0 Å². The van der Waals surface area contributed by atoms with Crippen molar-refractivity contribution in [3.63, 3.8) is 0 Å². The molecule has 0 bridgehead atoms. The van der Waals surface area contributed by atoms with E-state index in [0.717, 1.165) is 4.90 Å². The van der Waals surface area contributed by atoms with Crippen molar-refractivity contribution in [2.75, 3.05) is 14.2 Å². The van der Waals surface area contributed by atoms with Crippen molar-refractivity contribution in [3.8, 4) is 11.5 Å². The summed E-state index contributed by atoms with van der Waals surface area (Å²) in [6.45, 7) is 0. The summed E-state index contributed by atoms with van der Waals surface area (Å²) < 4.78 is 10.7. The highest BCUT2D eigenvalue weighted by molar-refractivity contribution is 6.14. The summed E-state index contributed by atoms with van der Waals surface area (Å²) in [6, 6.07) is 20.0. The van der Waals surface area contributed by atoms with Crippen LogP contribution in [-0.2, 0) is 5.72 Å². The molecule has 29 heavy (non-hydrogen) atoms. The van der Waals surface area contributed by atoms with Gasteiger partial charge in [-0.05, 0) is 24.3 Å². The van der Waals surface area contributed by atoms with Gasteiger partial charge in [-0.3, -0.25) is 9.59 Å². The third-order valence-electron chi connectivity index (χ3n) is 5.06. The molecule has 1 N–H and O–H groups in total. The fourth-order valence-corrected chi connectivity index (χ4v) is 3.64. The van der Waals surface area contributed by atoms with Gasteiger partial charge in [-0.1, -0.05) is 48.5 Å². The molecule has 1 atom stereocenters. The molecule has 2 amide bonds. The molecule has 0 fully saturated rings. The molecule has 1 aliphatic heterocycles. The lowest BCUT2D eigenvalue weighted by atomic mass is 9.93. The number of carbonyl (C=O) groups is 2. The maximum Gasteiger partial charge on any atom is 0.264 e. The minimum atomic E-state index is -1.99. The van der Waals surface area contributed by atoms with Gasteiger partial charge in [0.2, 0.25) is 5.72 Å². The van der Waals surface area contributed by atoms with Crippen LogP contribution in [0.4, 0.5) is 0 Å². The van der Waals surface area contributed by atoms with Gasteiger partial charge in [0.05, 0.1) is 19.8 Å². The first kappa shape index (κ1) is 18.7. The number of fused-ring (bicyclic) bond motifs is 1. The summed E-state index contributed by atoms with van der Waals surface area (Å²) >= 11 is 0. The number of benzene rings is 3. The first-order valence-electron chi connectivity index (χ1n) is 9.00. The molecule has 0 radical (unpaired) electrons. The second-order valence-electron chi connectivity index (χ2n) is 6.60. The molecule has 6 nitrogen and oxygen atoms in total. The predicted octanol–water partition coefficient (Wildman–Crippen LogP) is 3.19. The van der Waals surface area contributed by atoms with E-state index in [2.05, 4.69) is 0 Å². The van der Waals surface area contributed by atoms with E-state index in [0.29, 0.717) is 22.6 Å². The minimum absolute atomic E-state index is 0.179. The fourth-order valence-electron chi connectivity index (χ4n) is 3.64. The second-order valence-corrected chi connectivity index (χ2v) is 6.60. The van der Waals surface area contributed by atoms with E-state index < -0.39 is 17.5 Å². The molecule has 0 spiro atoms. The van der Waals surface area contributed by atoms with Crippen molar-refractivity contribution in [2.24, 2.45) is 0 Å². The number of aliphatic hydroxyl groups is 1. The molecule has 146 valence electrons. The van der Waals surface area contributed by atoms with Crippen LogP contribution >= 0.6 is 0 Å². The Bertz CT molecular complexity index is 1080. The number of carbonyl (C=O) groups excluding carboxylic acids is 2. The minimum Gasteiger partial charge on any atom is -0.493 e. The third kappa shape index (κ3) is 2.77. The average Bonchev–Trinajstić information content (AvgIpc) is 3.00. The van der Waals surface area contributed by atoms with Crippen molar-refractivity contribution in [3.05, 3.63) is 95.1 Å². The summed E-state index contributed by atoms with van der Waals surface area (Å²) in [7, 11) is 2.93. The normalized spacial score (nSPS) is 17.8. The largest absolute Gasteiger partial charge is 0.493 e. The van der Waals surface area contributed by atoms with Crippen molar-refractivity contribution >= 4 is 11.8 Å². The van der Waals surface area contributed by atoms with Crippen molar-refractivity contribution in [1.29, 1.82) is 0 Å². The van der Waals surface area contributed by atoms with Gasteiger partial charge < -0.3 is 14.6 Å². The lowest BCUT2D eigenvalue weighted by molar-refractivity contribution is -0.0362. The number of rotatable bonds is 4. The Labute approximate surface area is 167 Å². The summed E-state index contributed by atoms with van der Waals surface area (Å²) in [5.41, 5.74) is -0.861. The zero-order valence-corrected chi connectivity index (χ0v) is 16.0. The molecule has 0 aliphatic carbocycles. The second kappa shape index (κ2) is 7.07. The molecule has 0 aromatic heterocycles. The van der Waals surface area contributed by atoms with Gasteiger partial charge in [-0.25, -0.2) is 4.90 Å². The zero-order valence-electron chi connectivity index (χ0n) is 16.0. The Morgan fingerprint density at radius 2 is 1.45 bits per heavy atom. The number of nitrogens with zero attached hydrogens (tertiary/aromatic N) is 1. The van der Waals surface area contributed by atoms with Gasteiger partial charge in [-0.15, -0.1) is 0 Å². The Balaban J connectivity index is 1.98. The smallest absolute Gasteiger partial charge is 0.264 e. The van der Waals surface area contributed by atoms with Crippen LogP contribution in [0.3, 0.4) is 0 Å². The molecule has 1 aliphatic rings. The summed E-state index contributed by atoms with van der Waals surface area (Å²) in [4.78, 5) is 27.5. The van der Waals surface area contributed by atoms with Gasteiger partial charge >= 0.3 is 0 Å². The van der Waals surface area contributed by atoms with Crippen molar-refractivity contribution in [1.82, 2.24) is 4.90 Å². The van der Waals surface area contributed by atoms with E-state index in [9.17, 15) is 14.7 Å². The van der Waals surface area contributed by atoms with Crippen LogP contribution in [0.15, 0.2) is 72.8 Å². The third-order valence-corrected chi connectivity index (χ3v) is 5.06. The van der Waals surface area contributed by atoms with Crippen LogP contribution in [0, 0.1) is 0 Å². The van der Waals surface area contributed by atoms with Crippen LogP contribution in [-0.4, -0.2) is 36.0 Å². The van der Waals surface area contributed by atoms with Crippen LogP contribution in [0.1, 0.15) is 31.8 Å². The Hall–Kier alpha value is -3.64. The Morgan fingerprint density at radius 1 is 0.897 bits per heavy atom. The predicted molar refractivity (Wildman–Crippen MR) is 106 cm³/mol. The highest BCUT2D eigenvalue weighted by Crippen LogP contribution is 2.46. The van der Waals surface area contributed by atoms with E-state index in [-0.39, 0.29) is 11.1 Å². The monoisotopic (exact) mass is 389 g/mol.